The minimum absolute atomic E-state index is 0. The van der Waals surface area contributed by atoms with Crippen LogP contribution in [0.4, 0.5) is 5.69 Å². The summed E-state index contributed by atoms with van der Waals surface area (Å²) in [4.78, 5) is 16.4. The topological polar surface area (TPSA) is 42.0 Å². The maximum Gasteiger partial charge on any atom is 0.274 e. The average Bonchev–Trinajstić information content (AvgIpc) is 2.62. The normalized spacial score (nSPS) is 31.3. The van der Waals surface area contributed by atoms with Crippen molar-refractivity contribution in [2.45, 2.75) is 43.9 Å². The molecule has 4 aliphatic carbocycles. The second-order valence-electron chi connectivity index (χ2n) is 8.44. The van der Waals surface area contributed by atoms with Gasteiger partial charge in [-0.3, -0.25) is 9.78 Å². The number of hydrogen-bond acceptors (Lipinski definition) is 2. The molecule has 1 aromatic heterocycles. The lowest BCUT2D eigenvalue weighted by molar-refractivity contribution is -0.00518. The minimum Gasteiger partial charge on any atom is -0.321 e. The van der Waals surface area contributed by atoms with Crippen LogP contribution in [0, 0.1) is 17.8 Å². The van der Waals surface area contributed by atoms with Gasteiger partial charge in [-0.1, -0.05) is 18.2 Å². The van der Waals surface area contributed by atoms with Gasteiger partial charge in [-0.15, -0.1) is 12.4 Å². The molecule has 1 N–H and O–H groups in total. The predicted octanol–water partition coefficient (Wildman–Crippen LogP) is 5.22. The number of aromatic nitrogens is 1. The number of halogens is 1. The first-order valence-electron chi connectivity index (χ1n) is 9.53. The number of nitrogens with one attached hydrogen (secondary N) is 1. The summed E-state index contributed by atoms with van der Waals surface area (Å²) in [5, 5.41) is 2.96. The van der Waals surface area contributed by atoms with Crippen molar-refractivity contribution in [2.75, 3.05) is 5.32 Å². The lowest BCUT2D eigenvalue weighted by atomic mass is 9.48. The smallest absolute Gasteiger partial charge is 0.274 e. The maximum absolute atomic E-state index is 12.2. The van der Waals surface area contributed by atoms with E-state index in [2.05, 4.69) is 34.6 Å². The van der Waals surface area contributed by atoms with Gasteiger partial charge in [-0.2, -0.15) is 0 Å². The standard InChI is InChI=1S/C22H24N2O.ClH/c25-21(20-3-1-2-8-23-20)24-19-6-4-18(5-7-19)22-12-15-9-16(13-22)11-17(10-15)14-22;/h1-8,15-17H,9-14H2,(H,24,25);1H. The zero-order valence-corrected chi connectivity index (χ0v) is 15.7. The quantitative estimate of drug-likeness (QED) is 0.806. The van der Waals surface area contributed by atoms with Crippen LogP contribution in [0.5, 0.6) is 0 Å². The maximum atomic E-state index is 12.2. The third-order valence-corrected chi connectivity index (χ3v) is 6.69. The Kier molecular flexibility index (Phi) is 4.52. The van der Waals surface area contributed by atoms with Gasteiger partial charge in [0, 0.05) is 11.9 Å². The minimum atomic E-state index is -0.150. The van der Waals surface area contributed by atoms with E-state index in [0.29, 0.717) is 11.1 Å². The zero-order valence-electron chi connectivity index (χ0n) is 14.9. The number of rotatable bonds is 3. The van der Waals surface area contributed by atoms with Crippen LogP contribution in [0.1, 0.15) is 54.6 Å². The molecule has 4 saturated carbocycles. The van der Waals surface area contributed by atoms with E-state index in [1.807, 2.05) is 12.1 Å². The van der Waals surface area contributed by atoms with Crippen LogP contribution in [0.15, 0.2) is 48.7 Å². The molecule has 4 fully saturated rings. The van der Waals surface area contributed by atoms with E-state index >= 15 is 0 Å². The van der Waals surface area contributed by atoms with Crippen LogP contribution in [-0.4, -0.2) is 10.9 Å². The number of benzene rings is 1. The van der Waals surface area contributed by atoms with E-state index in [9.17, 15) is 4.79 Å². The Morgan fingerprint density at radius 1 is 0.923 bits per heavy atom. The van der Waals surface area contributed by atoms with E-state index in [1.165, 1.54) is 44.1 Å². The van der Waals surface area contributed by atoms with Crippen molar-refractivity contribution in [1.29, 1.82) is 0 Å². The fourth-order valence-corrected chi connectivity index (χ4v) is 6.06. The van der Waals surface area contributed by atoms with Crippen molar-refractivity contribution in [3.8, 4) is 0 Å². The van der Waals surface area contributed by atoms with E-state index in [-0.39, 0.29) is 18.3 Å². The first-order chi connectivity index (χ1) is 12.2. The van der Waals surface area contributed by atoms with Crippen molar-refractivity contribution < 1.29 is 4.79 Å². The lowest BCUT2D eigenvalue weighted by Gasteiger charge is -2.57. The molecule has 0 unspecified atom stereocenters. The van der Waals surface area contributed by atoms with Crippen LogP contribution >= 0.6 is 12.4 Å². The Bertz CT molecular complexity index is 752. The summed E-state index contributed by atoms with van der Waals surface area (Å²) in [6, 6.07) is 14.0. The van der Waals surface area contributed by atoms with Gasteiger partial charge in [-0.25, -0.2) is 0 Å². The van der Waals surface area contributed by atoms with Gasteiger partial charge < -0.3 is 5.32 Å². The molecule has 0 radical (unpaired) electrons. The van der Waals surface area contributed by atoms with Gasteiger partial charge >= 0.3 is 0 Å². The van der Waals surface area contributed by atoms with Crippen LogP contribution in [0.2, 0.25) is 0 Å². The van der Waals surface area contributed by atoms with E-state index in [0.717, 1.165) is 23.4 Å². The molecule has 1 heterocycles. The summed E-state index contributed by atoms with van der Waals surface area (Å²) < 4.78 is 0. The molecule has 0 aliphatic heterocycles. The SMILES string of the molecule is Cl.O=C(Nc1ccc(C23CC4CC(CC(C4)C2)C3)cc1)c1ccccn1. The number of carbonyl (C=O) groups excluding carboxylic acids is 1. The van der Waals surface area contributed by atoms with Crippen LogP contribution in [0.3, 0.4) is 0 Å². The molecular formula is C22H25ClN2O. The molecule has 1 aromatic carbocycles. The summed E-state index contributed by atoms with van der Waals surface area (Å²) in [5.74, 6) is 2.71. The van der Waals surface area contributed by atoms with Crippen molar-refractivity contribution in [3.05, 3.63) is 59.9 Å². The van der Waals surface area contributed by atoms with Crippen molar-refractivity contribution >= 4 is 24.0 Å². The predicted molar refractivity (Wildman–Crippen MR) is 106 cm³/mol. The van der Waals surface area contributed by atoms with Gasteiger partial charge in [0.2, 0.25) is 0 Å². The Balaban J connectivity index is 0.00000168. The summed E-state index contributed by atoms with van der Waals surface area (Å²) >= 11 is 0. The molecule has 26 heavy (non-hydrogen) atoms. The third kappa shape index (κ3) is 3.03. The number of amides is 1. The number of anilines is 1. The Hall–Kier alpha value is -1.87. The molecular weight excluding hydrogens is 344 g/mol. The second-order valence-corrected chi connectivity index (χ2v) is 8.44. The van der Waals surface area contributed by atoms with Crippen LogP contribution in [-0.2, 0) is 5.41 Å². The molecule has 136 valence electrons. The van der Waals surface area contributed by atoms with Gasteiger partial charge in [0.15, 0.2) is 0 Å². The molecule has 1 amide bonds. The molecule has 6 rings (SSSR count). The molecule has 0 atom stereocenters. The van der Waals surface area contributed by atoms with Crippen molar-refractivity contribution in [1.82, 2.24) is 4.98 Å². The van der Waals surface area contributed by atoms with E-state index < -0.39 is 0 Å². The van der Waals surface area contributed by atoms with Gasteiger partial charge in [0.05, 0.1) is 0 Å². The monoisotopic (exact) mass is 368 g/mol. The number of pyridine rings is 1. The van der Waals surface area contributed by atoms with Crippen LogP contribution < -0.4 is 5.32 Å². The Labute approximate surface area is 161 Å². The average molecular weight is 369 g/mol. The highest BCUT2D eigenvalue weighted by Gasteiger charge is 2.51. The van der Waals surface area contributed by atoms with Crippen LogP contribution in [0.25, 0.3) is 0 Å². The van der Waals surface area contributed by atoms with Gasteiger partial charge in [-0.05, 0) is 91.5 Å². The lowest BCUT2D eigenvalue weighted by Crippen LogP contribution is -2.48. The highest BCUT2D eigenvalue weighted by molar-refractivity contribution is 6.02. The molecule has 0 spiro atoms. The summed E-state index contributed by atoms with van der Waals surface area (Å²) in [5.41, 5.74) is 3.21. The first-order valence-corrected chi connectivity index (χ1v) is 9.53. The fourth-order valence-electron chi connectivity index (χ4n) is 6.06. The van der Waals surface area contributed by atoms with Gasteiger partial charge in [0.1, 0.15) is 5.69 Å². The second kappa shape index (κ2) is 6.70. The number of hydrogen-bond donors (Lipinski definition) is 1. The summed E-state index contributed by atoms with van der Waals surface area (Å²) in [6.07, 6.45) is 10.2. The Morgan fingerprint density at radius 3 is 2.08 bits per heavy atom. The molecule has 3 nitrogen and oxygen atoms in total. The van der Waals surface area contributed by atoms with Gasteiger partial charge in [0.25, 0.3) is 5.91 Å². The van der Waals surface area contributed by atoms with E-state index in [4.69, 9.17) is 0 Å². The first kappa shape index (κ1) is 17.5. The molecule has 4 aliphatic rings. The highest BCUT2D eigenvalue weighted by Crippen LogP contribution is 2.60. The third-order valence-electron chi connectivity index (χ3n) is 6.69. The summed E-state index contributed by atoms with van der Waals surface area (Å²) in [6.45, 7) is 0. The van der Waals surface area contributed by atoms with Crippen molar-refractivity contribution in [2.24, 2.45) is 17.8 Å². The Morgan fingerprint density at radius 2 is 1.54 bits per heavy atom. The van der Waals surface area contributed by atoms with Crippen molar-refractivity contribution in [3.63, 3.8) is 0 Å². The summed E-state index contributed by atoms with van der Waals surface area (Å²) in [7, 11) is 0. The number of carbonyl (C=O) groups is 1. The zero-order chi connectivity index (χ0) is 16.9. The molecule has 0 saturated heterocycles. The largest absolute Gasteiger partial charge is 0.321 e. The molecule has 4 bridgehead atoms. The van der Waals surface area contributed by atoms with E-state index in [1.54, 1.807) is 12.3 Å². The number of nitrogens with zero attached hydrogens (tertiary/aromatic N) is 1. The molecule has 2 aromatic rings. The fraction of sp³-hybridized carbons (Fsp3) is 0.455. The molecule has 4 heteroatoms. The highest BCUT2D eigenvalue weighted by atomic mass is 35.5.